The Morgan fingerprint density at radius 1 is 1.25 bits per heavy atom. The number of nitrogens with one attached hydrogen (secondary N) is 1. The molecule has 0 aliphatic carbocycles. The van der Waals surface area contributed by atoms with E-state index in [1.165, 1.54) is 11.3 Å². The van der Waals surface area contributed by atoms with Gasteiger partial charge in [0.1, 0.15) is 11.6 Å². The molecule has 1 aromatic heterocycles. The number of anilines is 2. The quantitative estimate of drug-likeness (QED) is 0.510. The Bertz CT molecular complexity index is 782. The summed E-state index contributed by atoms with van der Waals surface area (Å²) in [7, 11) is 0. The van der Waals surface area contributed by atoms with Crippen molar-refractivity contribution in [1.82, 2.24) is 4.98 Å². The smallest absolute Gasteiger partial charge is 0.205 e. The summed E-state index contributed by atoms with van der Waals surface area (Å²) in [5.74, 6) is 0.647. The maximum absolute atomic E-state index is 9.96. The van der Waals surface area contributed by atoms with E-state index in [-0.39, 0.29) is 5.75 Å². The Morgan fingerprint density at radius 2 is 2.10 bits per heavy atom. The number of nitrogen functional groups attached to an aromatic ring is 1. The van der Waals surface area contributed by atoms with Crippen molar-refractivity contribution in [1.29, 1.82) is 0 Å². The summed E-state index contributed by atoms with van der Waals surface area (Å²) in [6.07, 6.45) is 1.58. The number of phenolic OH excluding ortho intramolecular Hbond substituents is 1. The number of hydrogen-bond donors (Lipinski definition) is 3. The van der Waals surface area contributed by atoms with Gasteiger partial charge in [-0.2, -0.15) is 5.10 Å². The van der Waals surface area contributed by atoms with Gasteiger partial charge in [0.05, 0.1) is 6.21 Å². The predicted octanol–water partition coefficient (Wildman–Crippen LogP) is 3.03. The minimum atomic E-state index is 0.188. The maximum Gasteiger partial charge on any atom is 0.205 e. The molecule has 2 aromatic carbocycles. The molecule has 0 radical (unpaired) electrons. The van der Waals surface area contributed by atoms with Gasteiger partial charge >= 0.3 is 0 Å². The molecule has 3 rings (SSSR count). The van der Waals surface area contributed by atoms with Gasteiger partial charge in [0.2, 0.25) is 5.13 Å². The summed E-state index contributed by atoms with van der Waals surface area (Å²) in [6.45, 7) is 0. The van der Waals surface area contributed by atoms with Crippen molar-refractivity contribution in [2.45, 2.75) is 0 Å². The summed E-state index contributed by atoms with van der Waals surface area (Å²) >= 11 is 1.37. The monoisotopic (exact) mass is 284 g/mol. The van der Waals surface area contributed by atoms with E-state index < -0.39 is 0 Å². The van der Waals surface area contributed by atoms with Crippen molar-refractivity contribution in [3.63, 3.8) is 0 Å². The van der Waals surface area contributed by atoms with E-state index in [2.05, 4.69) is 15.5 Å². The number of phenols is 1. The van der Waals surface area contributed by atoms with E-state index in [1.54, 1.807) is 17.7 Å². The van der Waals surface area contributed by atoms with Crippen LogP contribution < -0.4 is 11.2 Å². The number of rotatable bonds is 3. The molecule has 4 N–H and O–H groups in total. The van der Waals surface area contributed by atoms with Crippen LogP contribution in [0.25, 0.3) is 10.8 Å². The molecule has 0 amide bonds. The molecule has 0 saturated heterocycles. The van der Waals surface area contributed by atoms with Gasteiger partial charge in [-0.1, -0.05) is 30.3 Å². The summed E-state index contributed by atoms with van der Waals surface area (Å²) in [5.41, 5.74) is 8.99. The number of fused-ring (bicyclic) bond motifs is 1. The fourth-order valence-corrected chi connectivity index (χ4v) is 2.46. The van der Waals surface area contributed by atoms with Gasteiger partial charge in [-0.25, -0.2) is 4.98 Å². The highest BCUT2D eigenvalue weighted by Crippen LogP contribution is 2.25. The average molecular weight is 284 g/mol. The van der Waals surface area contributed by atoms with Gasteiger partial charge in [0.25, 0.3) is 0 Å². The lowest BCUT2D eigenvalue weighted by atomic mass is 10.0. The summed E-state index contributed by atoms with van der Waals surface area (Å²) < 4.78 is 0. The van der Waals surface area contributed by atoms with E-state index in [0.717, 1.165) is 10.8 Å². The van der Waals surface area contributed by atoms with Crippen LogP contribution in [-0.4, -0.2) is 16.3 Å². The molecule has 3 aromatic rings. The number of hydrogen-bond acceptors (Lipinski definition) is 6. The number of aromatic nitrogens is 1. The number of benzene rings is 2. The van der Waals surface area contributed by atoms with Gasteiger partial charge in [-0.05, 0) is 16.8 Å². The fourth-order valence-electron chi connectivity index (χ4n) is 1.91. The first-order chi connectivity index (χ1) is 9.74. The van der Waals surface area contributed by atoms with Crippen LogP contribution in [-0.2, 0) is 0 Å². The van der Waals surface area contributed by atoms with E-state index in [0.29, 0.717) is 16.5 Å². The zero-order valence-electron chi connectivity index (χ0n) is 10.4. The van der Waals surface area contributed by atoms with Crippen molar-refractivity contribution in [2.75, 3.05) is 11.2 Å². The van der Waals surface area contributed by atoms with Crippen LogP contribution in [0.2, 0.25) is 0 Å². The third-order valence-corrected chi connectivity index (χ3v) is 3.59. The van der Waals surface area contributed by atoms with Crippen LogP contribution in [0.3, 0.4) is 0 Å². The molecule has 0 spiro atoms. The molecule has 6 heteroatoms. The molecule has 100 valence electrons. The van der Waals surface area contributed by atoms with E-state index in [9.17, 15) is 5.11 Å². The van der Waals surface area contributed by atoms with Crippen LogP contribution in [0.5, 0.6) is 5.75 Å². The second kappa shape index (κ2) is 5.18. The molecule has 0 fully saturated rings. The number of aromatic hydroxyl groups is 1. The standard InChI is InChI=1S/C14H12N4OS/c15-13-8-20-14(17-13)18-16-7-11-10-4-2-1-3-9(10)5-6-12(11)19/h1-8,19H,15H2,(H,17,18). The Hall–Kier alpha value is -2.60. The molecule has 20 heavy (non-hydrogen) atoms. The number of thiazole rings is 1. The van der Waals surface area contributed by atoms with Gasteiger partial charge in [0, 0.05) is 10.9 Å². The van der Waals surface area contributed by atoms with Crippen molar-refractivity contribution < 1.29 is 5.11 Å². The Balaban J connectivity index is 1.92. The first-order valence-electron chi connectivity index (χ1n) is 5.95. The van der Waals surface area contributed by atoms with E-state index in [4.69, 9.17) is 5.73 Å². The molecule has 1 heterocycles. The van der Waals surface area contributed by atoms with Gasteiger partial charge in [-0.15, -0.1) is 11.3 Å². The van der Waals surface area contributed by atoms with E-state index in [1.807, 2.05) is 30.3 Å². The van der Waals surface area contributed by atoms with Gasteiger partial charge < -0.3 is 10.8 Å². The van der Waals surface area contributed by atoms with Crippen molar-refractivity contribution >= 4 is 39.3 Å². The maximum atomic E-state index is 9.96. The molecule has 5 nitrogen and oxygen atoms in total. The summed E-state index contributed by atoms with van der Waals surface area (Å²) in [6, 6.07) is 11.3. The second-order valence-corrected chi connectivity index (χ2v) is 5.03. The average Bonchev–Trinajstić information content (AvgIpc) is 2.87. The zero-order chi connectivity index (χ0) is 13.9. The van der Waals surface area contributed by atoms with Crippen molar-refractivity contribution in [3.05, 3.63) is 47.3 Å². The topological polar surface area (TPSA) is 83.5 Å². The lowest BCUT2D eigenvalue weighted by molar-refractivity contribution is 0.475. The Labute approximate surface area is 119 Å². The van der Waals surface area contributed by atoms with Crippen LogP contribution in [0.4, 0.5) is 10.9 Å². The van der Waals surface area contributed by atoms with Crippen LogP contribution >= 0.6 is 11.3 Å². The van der Waals surface area contributed by atoms with E-state index >= 15 is 0 Å². The minimum Gasteiger partial charge on any atom is -0.507 e. The SMILES string of the molecule is Nc1csc(NN=Cc2c(O)ccc3ccccc23)n1. The highest BCUT2D eigenvalue weighted by Gasteiger charge is 2.04. The second-order valence-electron chi connectivity index (χ2n) is 4.17. The highest BCUT2D eigenvalue weighted by atomic mass is 32.1. The van der Waals surface area contributed by atoms with Crippen molar-refractivity contribution in [2.24, 2.45) is 5.10 Å². The molecule has 0 unspecified atom stereocenters. The lowest BCUT2D eigenvalue weighted by Crippen LogP contribution is -1.92. The molecular weight excluding hydrogens is 272 g/mol. The molecular formula is C14H12N4OS. The number of nitrogens with two attached hydrogens (primary N) is 1. The Kier molecular flexibility index (Phi) is 3.22. The first kappa shape index (κ1) is 12.4. The lowest BCUT2D eigenvalue weighted by Gasteiger charge is -2.04. The number of hydrazone groups is 1. The highest BCUT2D eigenvalue weighted by molar-refractivity contribution is 7.14. The molecule has 0 saturated carbocycles. The largest absolute Gasteiger partial charge is 0.507 e. The zero-order valence-corrected chi connectivity index (χ0v) is 11.3. The van der Waals surface area contributed by atoms with Gasteiger partial charge in [0.15, 0.2) is 0 Å². The molecule has 0 aliphatic rings. The Morgan fingerprint density at radius 3 is 2.90 bits per heavy atom. The first-order valence-corrected chi connectivity index (χ1v) is 6.83. The summed E-state index contributed by atoms with van der Waals surface area (Å²) in [5, 5.41) is 18.4. The van der Waals surface area contributed by atoms with Crippen molar-refractivity contribution in [3.8, 4) is 5.75 Å². The van der Waals surface area contributed by atoms with Gasteiger partial charge in [-0.3, -0.25) is 5.43 Å². The molecule has 0 bridgehead atoms. The number of nitrogens with zero attached hydrogens (tertiary/aromatic N) is 2. The van der Waals surface area contributed by atoms with Crippen LogP contribution in [0, 0.1) is 0 Å². The normalized spacial score (nSPS) is 11.2. The third kappa shape index (κ3) is 2.41. The van der Waals surface area contributed by atoms with Crippen LogP contribution in [0.15, 0.2) is 46.9 Å². The predicted molar refractivity (Wildman–Crippen MR) is 83.4 cm³/mol. The van der Waals surface area contributed by atoms with Crippen LogP contribution in [0.1, 0.15) is 5.56 Å². The fraction of sp³-hybridized carbons (Fsp3) is 0. The molecule has 0 atom stereocenters. The minimum absolute atomic E-state index is 0.188. The molecule has 0 aliphatic heterocycles. The summed E-state index contributed by atoms with van der Waals surface area (Å²) in [4.78, 5) is 4.04. The third-order valence-electron chi connectivity index (χ3n) is 2.82.